The molecule has 130 valence electrons. The van der Waals surface area contributed by atoms with Crippen molar-refractivity contribution in [2.24, 2.45) is 0 Å². The molecule has 0 fully saturated rings. The topological polar surface area (TPSA) is 68.0 Å². The number of nitrogens with zero attached hydrogens (tertiary/aromatic N) is 2. The fraction of sp³-hybridized carbons (Fsp3) is 0.105. The molecule has 7 heteroatoms. The van der Waals surface area contributed by atoms with Gasteiger partial charge in [-0.25, -0.2) is 4.98 Å². The summed E-state index contributed by atoms with van der Waals surface area (Å²) >= 11 is 7.37. The van der Waals surface area contributed by atoms with E-state index < -0.39 is 0 Å². The highest BCUT2D eigenvalue weighted by molar-refractivity contribution is 7.22. The molecule has 0 aliphatic carbocycles. The molecule has 0 saturated carbocycles. The van der Waals surface area contributed by atoms with Gasteiger partial charge in [0.15, 0.2) is 10.9 Å². The first kappa shape index (κ1) is 16.8. The number of aryl methyl sites for hydroxylation is 2. The van der Waals surface area contributed by atoms with Crippen molar-refractivity contribution in [1.82, 2.24) is 10.1 Å². The van der Waals surface area contributed by atoms with Gasteiger partial charge in [0, 0.05) is 10.6 Å². The van der Waals surface area contributed by atoms with Crippen molar-refractivity contribution in [3.63, 3.8) is 0 Å². The first-order chi connectivity index (χ1) is 12.5. The van der Waals surface area contributed by atoms with E-state index >= 15 is 0 Å². The fourth-order valence-electron chi connectivity index (χ4n) is 2.65. The second-order valence-corrected chi connectivity index (χ2v) is 7.39. The Kier molecular flexibility index (Phi) is 4.22. The van der Waals surface area contributed by atoms with Crippen LogP contribution in [-0.4, -0.2) is 16.0 Å². The molecule has 0 atom stereocenters. The molecule has 4 rings (SSSR count). The van der Waals surface area contributed by atoms with E-state index in [1.54, 1.807) is 13.0 Å². The van der Waals surface area contributed by atoms with Gasteiger partial charge in [-0.05, 0) is 32.0 Å². The average Bonchev–Trinajstić information content (AvgIpc) is 3.18. The highest BCUT2D eigenvalue weighted by Gasteiger charge is 2.22. The van der Waals surface area contributed by atoms with Crippen LogP contribution in [-0.2, 0) is 0 Å². The van der Waals surface area contributed by atoms with E-state index in [1.165, 1.54) is 11.3 Å². The summed E-state index contributed by atoms with van der Waals surface area (Å²) in [5.41, 5.74) is 3.66. The van der Waals surface area contributed by atoms with E-state index in [0.29, 0.717) is 27.2 Å². The van der Waals surface area contributed by atoms with Crippen molar-refractivity contribution in [2.45, 2.75) is 13.8 Å². The van der Waals surface area contributed by atoms with Crippen LogP contribution in [0.25, 0.3) is 21.5 Å². The highest BCUT2D eigenvalue weighted by atomic mass is 35.5. The van der Waals surface area contributed by atoms with Gasteiger partial charge in [0.2, 0.25) is 0 Å². The summed E-state index contributed by atoms with van der Waals surface area (Å²) in [6, 6.07) is 13.2. The largest absolute Gasteiger partial charge is 0.355 e. The van der Waals surface area contributed by atoms with Gasteiger partial charge in [-0.3, -0.25) is 10.1 Å². The van der Waals surface area contributed by atoms with E-state index in [4.69, 9.17) is 16.1 Å². The molecule has 0 saturated heterocycles. The number of hydrogen-bond donors (Lipinski definition) is 1. The second kappa shape index (κ2) is 6.55. The molecule has 0 aliphatic heterocycles. The summed E-state index contributed by atoms with van der Waals surface area (Å²) in [5, 5.41) is 7.94. The van der Waals surface area contributed by atoms with Crippen molar-refractivity contribution in [3.05, 3.63) is 64.3 Å². The van der Waals surface area contributed by atoms with Crippen LogP contribution in [0.15, 0.2) is 47.0 Å². The monoisotopic (exact) mass is 383 g/mol. The van der Waals surface area contributed by atoms with Gasteiger partial charge in [-0.2, -0.15) is 0 Å². The minimum Gasteiger partial charge on any atom is -0.355 e. The number of aromatic nitrogens is 2. The number of carbonyl (C=O) groups is 1. The Morgan fingerprint density at radius 3 is 2.69 bits per heavy atom. The van der Waals surface area contributed by atoms with E-state index in [9.17, 15) is 4.79 Å². The number of hydrogen-bond acceptors (Lipinski definition) is 5. The standard InChI is InChI=1S/C19H14ClN3O2S/c1-10-3-5-12(6-4-10)17-16(11(2)23-25-17)18(24)22-19-21-14-8-7-13(20)9-15(14)26-19/h3-9H,1-2H3,(H,21,22,24). The van der Waals surface area contributed by atoms with E-state index in [0.717, 1.165) is 21.3 Å². The Morgan fingerprint density at radius 2 is 1.92 bits per heavy atom. The molecule has 2 aromatic heterocycles. The third kappa shape index (κ3) is 3.09. The minimum absolute atomic E-state index is 0.301. The molecule has 5 nitrogen and oxygen atoms in total. The lowest BCUT2D eigenvalue weighted by Crippen LogP contribution is -2.13. The van der Waals surface area contributed by atoms with Crippen LogP contribution in [0, 0.1) is 13.8 Å². The van der Waals surface area contributed by atoms with Crippen molar-refractivity contribution in [2.75, 3.05) is 5.32 Å². The third-order valence-corrected chi connectivity index (χ3v) is 5.14. The summed E-state index contributed by atoms with van der Waals surface area (Å²) < 4.78 is 6.32. The zero-order valence-electron chi connectivity index (χ0n) is 14.0. The molecule has 0 radical (unpaired) electrons. The Morgan fingerprint density at radius 1 is 1.15 bits per heavy atom. The van der Waals surface area contributed by atoms with E-state index in [-0.39, 0.29) is 5.91 Å². The number of amides is 1. The lowest BCUT2D eigenvalue weighted by Gasteiger charge is -2.03. The number of rotatable bonds is 3. The zero-order chi connectivity index (χ0) is 18.3. The van der Waals surface area contributed by atoms with Gasteiger partial charge in [0.05, 0.1) is 15.9 Å². The number of halogens is 1. The van der Waals surface area contributed by atoms with Crippen molar-refractivity contribution >= 4 is 44.2 Å². The summed E-state index contributed by atoms with van der Waals surface area (Å²) in [5.74, 6) is 0.147. The van der Waals surface area contributed by atoms with Crippen LogP contribution in [0.1, 0.15) is 21.6 Å². The maximum Gasteiger partial charge on any atom is 0.263 e. The van der Waals surface area contributed by atoms with Crippen LogP contribution >= 0.6 is 22.9 Å². The van der Waals surface area contributed by atoms with Gasteiger partial charge in [0.25, 0.3) is 5.91 Å². The number of nitrogens with one attached hydrogen (secondary N) is 1. The van der Waals surface area contributed by atoms with Crippen LogP contribution < -0.4 is 5.32 Å². The number of anilines is 1. The molecule has 4 aromatic rings. The van der Waals surface area contributed by atoms with E-state index in [2.05, 4.69) is 15.5 Å². The maximum atomic E-state index is 12.8. The lowest BCUT2D eigenvalue weighted by molar-refractivity contribution is 0.102. The molecule has 0 bridgehead atoms. The lowest BCUT2D eigenvalue weighted by atomic mass is 10.1. The number of benzene rings is 2. The maximum absolute atomic E-state index is 12.8. The van der Waals surface area contributed by atoms with Gasteiger partial charge in [-0.15, -0.1) is 0 Å². The van der Waals surface area contributed by atoms with Gasteiger partial charge >= 0.3 is 0 Å². The van der Waals surface area contributed by atoms with Crippen LogP contribution in [0.5, 0.6) is 0 Å². The van der Waals surface area contributed by atoms with Gasteiger partial charge in [-0.1, -0.05) is 57.9 Å². The molecule has 0 unspecified atom stereocenters. The minimum atomic E-state index is -0.301. The molecule has 1 N–H and O–H groups in total. The first-order valence-corrected chi connectivity index (χ1v) is 9.11. The van der Waals surface area contributed by atoms with Crippen molar-refractivity contribution in [1.29, 1.82) is 0 Å². The molecular weight excluding hydrogens is 370 g/mol. The fourth-order valence-corrected chi connectivity index (χ4v) is 3.79. The smallest absolute Gasteiger partial charge is 0.263 e. The predicted molar refractivity (Wildman–Crippen MR) is 104 cm³/mol. The summed E-state index contributed by atoms with van der Waals surface area (Å²) in [7, 11) is 0. The SMILES string of the molecule is Cc1ccc(-c2onc(C)c2C(=O)Nc2nc3ccc(Cl)cc3s2)cc1. The Labute approximate surface area is 158 Å². The van der Waals surface area contributed by atoms with E-state index in [1.807, 2.05) is 43.3 Å². The number of carbonyl (C=O) groups excluding carboxylic acids is 1. The highest BCUT2D eigenvalue weighted by Crippen LogP contribution is 2.31. The summed E-state index contributed by atoms with van der Waals surface area (Å²) in [6.07, 6.45) is 0. The predicted octanol–water partition coefficient (Wildman–Crippen LogP) is 5.47. The Bertz CT molecular complexity index is 1120. The molecule has 1 amide bonds. The molecule has 0 spiro atoms. The zero-order valence-corrected chi connectivity index (χ0v) is 15.6. The average molecular weight is 384 g/mol. The van der Waals surface area contributed by atoms with Crippen molar-refractivity contribution < 1.29 is 9.32 Å². The summed E-state index contributed by atoms with van der Waals surface area (Å²) in [4.78, 5) is 17.3. The van der Waals surface area contributed by atoms with Gasteiger partial charge < -0.3 is 4.52 Å². The first-order valence-electron chi connectivity index (χ1n) is 7.92. The second-order valence-electron chi connectivity index (χ2n) is 5.92. The van der Waals surface area contributed by atoms with Gasteiger partial charge in [0.1, 0.15) is 5.56 Å². The van der Waals surface area contributed by atoms with Crippen molar-refractivity contribution in [3.8, 4) is 11.3 Å². The quantitative estimate of drug-likeness (QED) is 0.509. The number of thiazole rings is 1. The normalized spacial score (nSPS) is 11.0. The molecule has 2 aromatic carbocycles. The Hall–Kier alpha value is -2.70. The Balaban J connectivity index is 1.67. The van der Waals surface area contributed by atoms with Crippen LogP contribution in [0.3, 0.4) is 0 Å². The molecular formula is C19H14ClN3O2S. The third-order valence-electron chi connectivity index (χ3n) is 3.97. The summed E-state index contributed by atoms with van der Waals surface area (Å²) in [6.45, 7) is 3.75. The van der Waals surface area contributed by atoms with Crippen LogP contribution in [0.2, 0.25) is 5.02 Å². The molecule has 26 heavy (non-hydrogen) atoms. The molecule has 0 aliphatic rings. The molecule has 2 heterocycles. The van der Waals surface area contributed by atoms with Crippen LogP contribution in [0.4, 0.5) is 5.13 Å². The number of fused-ring (bicyclic) bond motifs is 1.